The highest BCUT2D eigenvalue weighted by atomic mass is 16.5. The van der Waals surface area contributed by atoms with Crippen molar-refractivity contribution in [2.75, 3.05) is 11.9 Å². The fraction of sp³-hybridized carbons (Fsp3) is 0.372. The van der Waals surface area contributed by atoms with E-state index in [1.165, 1.54) is 49.7 Å². The zero-order valence-electron chi connectivity index (χ0n) is 28.3. The number of fused-ring (bicyclic) bond motifs is 2. The normalized spacial score (nSPS) is 15.4. The van der Waals surface area contributed by atoms with E-state index in [2.05, 4.69) is 86.8 Å². The molecule has 0 unspecified atom stereocenters. The van der Waals surface area contributed by atoms with E-state index in [1.807, 2.05) is 42.5 Å². The molecule has 4 heteroatoms. The molecule has 1 aliphatic heterocycles. The first-order valence-electron chi connectivity index (χ1n) is 17.4. The number of hydrogen-bond donors (Lipinski definition) is 1. The minimum Gasteiger partial charge on any atom is -0.457 e. The molecule has 6 rings (SSSR count). The number of rotatable bonds is 11. The number of benzene rings is 4. The molecule has 0 aromatic heterocycles. The summed E-state index contributed by atoms with van der Waals surface area (Å²) in [6, 6.07) is 33.0. The van der Waals surface area contributed by atoms with Crippen molar-refractivity contribution >= 4 is 17.7 Å². The van der Waals surface area contributed by atoms with E-state index in [0.717, 1.165) is 51.8 Å². The zero-order chi connectivity index (χ0) is 32.6. The highest BCUT2D eigenvalue weighted by Gasteiger charge is 2.29. The van der Waals surface area contributed by atoms with E-state index >= 15 is 0 Å². The largest absolute Gasteiger partial charge is 0.457 e. The van der Waals surface area contributed by atoms with Crippen molar-refractivity contribution in [3.8, 4) is 11.5 Å². The van der Waals surface area contributed by atoms with E-state index in [0.29, 0.717) is 19.6 Å². The lowest BCUT2D eigenvalue weighted by molar-refractivity contribution is -0.116. The van der Waals surface area contributed by atoms with Gasteiger partial charge in [0.05, 0.1) is 13.2 Å². The van der Waals surface area contributed by atoms with Crippen LogP contribution in [0, 0.1) is 5.92 Å². The lowest BCUT2D eigenvalue weighted by Gasteiger charge is -2.28. The summed E-state index contributed by atoms with van der Waals surface area (Å²) >= 11 is 0. The van der Waals surface area contributed by atoms with Crippen molar-refractivity contribution in [1.29, 1.82) is 0 Å². The molecule has 1 amide bonds. The Hall–Kier alpha value is -4.15. The van der Waals surface area contributed by atoms with Crippen LogP contribution in [-0.4, -0.2) is 12.5 Å². The summed E-state index contributed by atoms with van der Waals surface area (Å²) in [7, 11) is 0. The Kier molecular flexibility index (Phi) is 10.6. The molecule has 2 aliphatic rings. The van der Waals surface area contributed by atoms with E-state index in [9.17, 15) is 4.79 Å². The molecular formula is C43H49NO3. The van der Waals surface area contributed by atoms with Crippen molar-refractivity contribution < 1.29 is 14.3 Å². The summed E-state index contributed by atoms with van der Waals surface area (Å²) in [6.45, 7) is 7.81. The summed E-state index contributed by atoms with van der Waals surface area (Å²) < 4.78 is 12.4. The molecule has 1 fully saturated rings. The quantitative estimate of drug-likeness (QED) is 0.180. The van der Waals surface area contributed by atoms with Crippen LogP contribution in [0.5, 0.6) is 11.5 Å². The summed E-state index contributed by atoms with van der Waals surface area (Å²) in [5, 5.41) is 3.35. The maximum atomic E-state index is 13.9. The average Bonchev–Trinajstić information content (AvgIpc) is 3.07. The second-order valence-corrected chi connectivity index (χ2v) is 14.4. The summed E-state index contributed by atoms with van der Waals surface area (Å²) in [5.41, 5.74) is 7.56. The highest BCUT2D eigenvalue weighted by Crippen LogP contribution is 2.45. The first kappa shape index (κ1) is 32.8. The monoisotopic (exact) mass is 627 g/mol. The van der Waals surface area contributed by atoms with Crippen LogP contribution in [0.3, 0.4) is 0 Å². The third kappa shape index (κ3) is 8.61. The predicted octanol–water partition coefficient (Wildman–Crippen LogP) is 11.2. The molecule has 0 bridgehead atoms. The lowest BCUT2D eigenvalue weighted by atomic mass is 9.83. The summed E-state index contributed by atoms with van der Waals surface area (Å²) in [4.78, 5) is 13.9. The topological polar surface area (TPSA) is 47.6 Å². The van der Waals surface area contributed by atoms with Crippen LogP contribution in [0.4, 0.5) is 5.69 Å². The molecule has 1 heterocycles. The SMILES string of the molecule is CC(C)(C)c1ccc(/C=C(\CCC2CCCCC2)COCc2ccccc2)cc1NC(=O)CC1c2ccccc2Oc2ccccc21. The highest BCUT2D eigenvalue weighted by molar-refractivity contribution is 5.93. The summed E-state index contributed by atoms with van der Waals surface area (Å²) in [5.74, 6) is 2.37. The van der Waals surface area contributed by atoms with Gasteiger partial charge in [-0.25, -0.2) is 0 Å². The van der Waals surface area contributed by atoms with Crippen LogP contribution >= 0.6 is 0 Å². The van der Waals surface area contributed by atoms with Crippen molar-refractivity contribution in [3.05, 3.63) is 130 Å². The number of nitrogens with one attached hydrogen (secondary N) is 1. The van der Waals surface area contributed by atoms with Crippen LogP contribution < -0.4 is 10.1 Å². The van der Waals surface area contributed by atoms with Gasteiger partial charge in [0.15, 0.2) is 0 Å². The smallest absolute Gasteiger partial charge is 0.225 e. The molecule has 0 saturated heterocycles. The van der Waals surface area contributed by atoms with E-state index in [1.54, 1.807) is 0 Å². The predicted molar refractivity (Wildman–Crippen MR) is 193 cm³/mol. The maximum absolute atomic E-state index is 13.9. The number of anilines is 1. The van der Waals surface area contributed by atoms with Gasteiger partial charge >= 0.3 is 0 Å². The third-order valence-electron chi connectivity index (χ3n) is 9.69. The van der Waals surface area contributed by atoms with Crippen molar-refractivity contribution in [3.63, 3.8) is 0 Å². The Morgan fingerprint density at radius 3 is 2.19 bits per heavy atom. The Morgan fingerprint density at radius 2 is 1.51 bits per heavy atom. The van der Waals surface area contributed by atoms with Crippen LogP contribution in [-0.2, 0) is 21.6 Å². The molecule has 1 N–H and O–H groups in total. The number of carbonyl (C=O) groups excluding carboxylic acids is 1. The zero-order valence-corrected chi connectivity index (χ0v) is 28.3. The molecule has 4 aromatic rings. The van der Waals surface area contributed by atoms with Crippen LogP contribution in [0.1, 0.15) is 106 Å². The Balaban J connectivity index is 1.23. The Bertz CT molecular complexity index is 1630. The van der Waals surface area contributed by atoms with Crippen molar-refractivity contribution in [2.45, 2.75) is 90.1 Å². The minimum absolute atomic E-state index is 0.00291. The van der Waals surface area contributed by atoms with Gasteiger partial charge in [0.2, 0.25) is 5.91 Å². The van der Waals surface area contributed by atoms with Crippen molar-refractivity contribution in [1.82, 2.24) is 0 Å². The molecule has 4 aromatic carbocycles. The summed E-state index contributed by atoms with van der Waals surface area (Å²) in [6.07, 6.45) is 11.6. The Labute approximate surface area is 281 Å². The minimum atomic E-state index is -0.134. The first-order chi connectivity index (χ1) is 22.8. The number of ether oxygens (including phenoxy) is 2. The molecule has 244 valence electrons. The maximum Gasteiger partial charge on any atom is 0.225 e. The molecule has 0 atom stereocenters. The fourth-order valence-corrected chi connectivity index (χ4v) is 7.19. The van der Waals surface area contributed by atoms with Gasteiger partial charge in [-0.1, -0.05) is 138 Å². The number of amides is 1. The van der Waals surface area contributed by atoms with Gasteiger partial charge in [-0.05, 0) is 64.6 Å². The van der Waals surface area contributed by atoms with E-state index in [-0.39, 0.29) is 17.2 Å². The molecule has 47 heavy (non-hydrogen) atoms. The molecule has 1 aliphatic carbocycles. The average molecular weight is 628 g/mol. The van der Waals surface area contributed by atoms with Gasteiger partial charge in [0.1, 0.15) is 11.5 Å². The third-order valence-corrected chi connectivity index (χ3v) is 9.69. The van der Waals surface area contributed by atoms with E-state index in [4.69, 9.17) is 9.47 Å². The van der Waals surface area contributed by atoms with Gasteiger partial charge in [-0.3, -0.25) is 4.79 Å². The second-order valence-electron chi connectivity index (χ2n) is 14.4. The van der Waals surface area contributed by atoms with Crippen LogP contribution in [0.15, 0.2) is 103 Å². The van der Waals surface area contributed by atoms with Gasteiger partial charge in [0.25, 0.3) is 0 Å². The van der Waals surface area contributed by atoms with Gasteiger partial charge in [-0.15, -0.1) is 0 Å². The number of carbonyl (C=O) groups is 1. The standard InChI is InChI=1S/C43H49NO3/c1-43(2,3)38-25-24-33(26-34(23-22-31-14-6-4-7-15-31)30-46-29-32-16-8-5-9-17-32)27-39(38)44-42(45)28-37-35-18-10-12-20-40(35)47-41-21-13-11-19-36(37)41/h5,8-13,16-21,24-27,31,37H,4,6-7,14-15,22-23,28-30H2,1-3H3,(H,44,45)/b34-26+. The van der Waals surface area contributed by atoms with Crippen LogP contribution in [0.2, 0.25) is 0 Å². The van der Waals surface area contributed by atoms with Gasteiger partial charge in [0, 0.05) is 29.2 Å². The second kappa shape index (κ2) is 15.2. The van der Waals surface area contributed by atoms with Crippen molar-refractivity contribution in [2.24, 2.45) is 5.92 Å². The first-order valence-corrected chi connectivity index (χ1v) is 17.4. The van der Waals surface area contributed by atoms with Crippen LogP contribution in [0.25, 0.3) is 6.08 Å². The molecular weight excluding hydrogens is 578 g/mol. The van der Waals surface area contributed by atoms with Gasteiger partial charge < -0.3 is 14.8 Å². The van der Waals surface area contributed by atoms with E-state index < -0.39 is 0 Å². The Morgan fingerprint density at radius 1 is 0.851 bits per heavy atom. The molecule has 4 nitrogen and oxygen atoms in total. The molecule has 1 saturated carbocycles. The lowest BCUT2D eigenvalue weighted by Crippen LogP contribution is -2.22. The molecule has 0 radical (unpaired) electrons. The number of hydrogen-bond acceptors (Lipinski definition) is 3. The molecule has 0 spiro atoms. The number of para-hydroxylation sites is 2. The van der Waals surface area contributed by atoms with Gasteiger partial charge in [-0.2, -0.15) is 0 Å². The fourth-order valence-electron chi connectivity index (χ4n) is 7.19.